The zero-order chi connectivity index (χ0) is 13.5. The van der Waals surface area contributed by atoms with Gasteiger partial charge >= 0.3 is 0 Å². The molecule has 1 aliphatic rings. The van der Waals surface area contributed by atoms with E-state index in [2.05, 4.69) is 57.5 Å². The van der Waals surface area contributed by atoms with Crippen LogP contribution in [0.2, 0.25) is 0 Å². The Morgan fingerprint density at radius 1 is 1.42 bits per heavy atom. The van der Waals surface area contributed by atoms with E-state index >= 15 is 0 Å². The molecule has 1 aliphatic heterocycles. The van der Waals surface area contributed by atoms with Gasteiger partial charge in [-0.2, -0.15) is 0 Å². The van der Waals surface area contributed by atoms with Crippen molar-refractivity contribution in [3.8, 4) is 0 Å². The predicted molar refractivity (Wildman–Crippen MR) is 85.3 cm³/mol. The largest absolute Gasteiger partial charge is 0.316 e. The van der Waals surface area contributed by atoms with Gasteiger partial charge in [-0.1, -0.05) is 28.1 Å². The van der Waals surface area contributed by atoms with Crippen molar-refractivity contribution in [2.75, 3.05) is 26.7 Å². The molecule has 1 saturated heterocycles. The fourth-order valence-corrected chi connectivity index (χ4v) is 3.29. The Balaban J connectivity index is 1.65. The van der Waals surface area contributed by atoms with Crippen molar-refractivity contribution in [1.82, 2.24) is 10.2 Å². The number of halogens is 1. The first-order valence-electron chi connectivity index (χ1n) is 7.38. The molecule has 1 aromatic rings. The lowest BCUT2D eigenvalue weighted by Gasteiger charge is -2.24. The minimum atomic E-state index is 0.910. The van der Waals surface area contributed by atoms with Crippen molar-refractivity contribution in [1.29, 1.82) is 0 Å². The number of hydrogen-bond donors (Lipinski definition) is 1. The molecule has 0 bridgehead atoms. The maximum atomic E-state index is 3.53. The van der Waals surface area contributed by atoms with E-state index in [4.69, 9.17) is 0 Å². The van der Waals surface area contributed by atoms with Crippen LogP contribution in [0, 0.1) is 5.92 Å². The summed E-state index contributed by atoms with van der Waals surface area (Å²) in [5.74, 6) is 0.910. The van der Waals surface area contributed by atoms with E-state index in [0.717, 1.165) is 12.5 Å². The van der Waals surface area contributed by atoms with Crippen LogP contribution in [-0.4, -0.2) is 31.6 Å². The molecule has 2 rings (SSSR count). The van der Waals surface area contributed by atoms with Gasteiger partial charge < -0.3 is 10.2 Å². The van der Waals surface area contributed by atoms with Gasteiger partial charge in [-0.3, -0.25) is 0 Å². The highest BCUT2D eigenvalue weighted by molar-refractivity contribution is 9.10. The normalized spacial score (nSPS) is 19.8. The molecular weight excluding hydrogens is 300 g/mol. The summed E-state index contributed by atoms with van der Waals surface area (Å²) in [6.07, 6.45) is 5.47. The molecule has 1 N–H and O–H groups in total. The number of hydrogen-bond acceptors (Lipinski definition) is 2. The molecule has 0 amide bonds. The van der Waals surface area contributed by atoms with E-state index in [1.807, 2.05) is 0 Å². The van der Waals surface area contributed by atoms with Crippen molar-refractivity contribution in [2.45, 2.75) is 32.2 Å². The van der Waals surface area contributed by atoms with Crippen LogP contribution in [0.3, 0.4) is 0 Å². The minimum Gasteiger partial charge on any atom is -0.316 e. The number of benzene rings is 1. The Labute approximate surface area is 125 Å². The van der Waals surface area contributed by atoms with Crippen LogP contribution in [0.1, 0.15) is 31.2 Å². The third kappa shape index (κ3) is 5.64. The highest BCUT2D eigenvalue weighted by atomic mass is 79.9. The third-order valence-corrected chi connectivity index (χ3v) is 4.39. The van der Waals surface area contributed by atoms with Gasteiger partial charge in [0.25, 0.3) is 0 Å². The number of piperidine rings is 1. The molecule has 0 radical (unpaired) electrons. The average molecular weight is 325 g/mol. The van der Waals surface area contributed by atoms with Crippen LogP contribution in [0.25, 0.3) is 0 Å². The molecule has 1 atom stereocenters. The Kier molecular flexibility index (Phi) is 6.35. The summed E-state index contributed by atoms with van der Waals surface area (Å²) < 4.78 is 1.17. The lowest BCUT2D eigenvalue weighted by molar-refractivity contribution is 0.287. The van der Waals surface area contributed by atoms with Gasteiger partial charge in [0.15, 0.2) is 0 Å². The van der Waals surface area contributed by atoms with Crippen molar-refractivity contribution in [3.63, 3.8) is 0 Å². The number of nitrogens with one attached hydrogen (secondary N) is 1. The van der Waals surface area contributed by atoms with Crippen LogP contribution in [-0.2, 0) is 6.54 Å². The zero-order valence-electron chi connectivity index (χ0n) is 11.9. The summed E-state index contributed by atoms with van der Waals surface area (Å²) >= 11 is 3.53. The Hall–Kier alpha value is -0.380. The highest BCUT2D eigenvalue weighted by Crippen LogP contribution is 2.17. The van der Waals surface area contributed by atoms with Crippen molar-refractivity contribution in [2.24, 2.45) is 5.92 Å². The fraction of sp³-hybridized carbons (Fsp3) is 0.625. The van der Waals surface area contributed by atoms with Gasteiger partial charge in [0.05, 0.1) is 0 Å². The van der Waals surface area contributed by atoms with Crippen molar-refractivity contribution >= 4 is 15.9 Å². The van der Waals surface area contributed by atoms with E-state index in [1.165, 1.54) is 55.4 Å². The molecular formula is C16H25BrN2. The quantitative estimate of drug-likeness (QED) is 0.859. The second-order valence-corrected chi connectivity index (χ2v) is 6.64. The predicted octanol–water partition coefficient (Wildman–Crippen LogP) is 3.66. The molecule has 19 heavy (non-hydrogen) atoms. The average Bonchev–Trinajstić information content (AvgIpc) is 2.40. The number of nitrogens with zero attached hydrogens (tertiary/aromatic N) is 1. The highest BCUT2D eigenvalue weighted by Gasteiger charge is 2.12. The first-order chi connectivity index (χ1) is 9.24. The maximum Gasteiger partial charge on any atom is 0.0231 e. The van der Waals surface area contributed by atoms with Gasteiger partial charge in [0.2, 0.25) is 0 Å². The van der Waals surface area contributed by atoms with E-state index in [1.54, 1.807) is 0 Å². The first kappa shape index (κ1) is 15.0. The molecule has 1 unspecified atom stereocenters. The van der Waals surface area contributed by atoms with Gasteiger partial charge in [0.1, 0.15) is 0 Å². The third-order valence-electron chi connectivity index (χ3n) is 3.89. The Morgan fingerprint density at radius 2 is 2.32 bits per heavy atom. The summed E-state index contributed by atoms with van der Waals surface area (Å²) in [6, 6.07) is 8.61. The molecule has 1 heterocycles. The molecule has 2 nitrogen and oxygen atoms in total. The maximum absolute atomic E-state index is 3.53. The molecule has 0 saturated carbocycles. The summed E-state index contributed by atoms with van der Waals surface area (Å²) in [6.45, 7) is 4.69. The van der Waals surface area contributed by atoms with Crippen molar-refractivity contribution < 1.29 is 0 Å². The van der Waals surface area contributed by atoms with Crippen LogP contribution >= 0.6 is 15.9 Å². The molecule has 0 spiro atoms. The van der Waals surface area contributed by atoms with E-state index in [0.29, 0.717) is 0 Å². The van der Waals surface area contributed by atoms with Crippen molar-refractivity contribution in [3.05, 3.63) is 34.3 Å². The van der Waals surface area contributed by atoms with Gasteiger partial charge in [-0.15, -0.1) is 0 Å². The minimum absolute atomic E-state index is 0.910. The summed E-state index contributed by atoms with van der Waals surface area (Å²) in [4.78, 5) is 2.43. The smallest absolute Gasteiger partial charge is 0.0231 e. The summed E-state index contributed by atoms with van der Waals surface area (Å²) in [5.41, 5.74) is 1.39. The number of rotatable bonds is 6. The first-order valence-corrected chi connectivity index (χ1v) is 8.17. The van der Waals surface area contributed by atoms with Gasteiger partial charge in [-0.25, -0.2) is 0 Å². The molecule has 3 heteroatoms. The van der Waals surface area contributed by atoms with Crippen LogP contribution < -0.4 is 5.32 Å². The lowest BCUT2D eigenvalue weighted by Crippen LogP contribution is -2.30. The Morgan fingerprint density at radius 3 is 3.05 bits per heavy atom. The standard InChI is InChI=1S/C16H25BrN2/c1-19(13-15-5-2-8-16(17)11-15)10-4-7-14-6-3-9-18-12-14/h2,5,8,11,14,18H,3-4,6-7,9-10,12-13H2,1H3. The van der Waals surface area contributed by atoms with Crippen LogP contribution in [0.15, 0.2) is 28.7 Å². The molecule has 0 aromatic heterocycles. The fourth-order valence-electron chi connectivity index (χ4n) is 2.85. The van der Waals surface area contributed by atoms with Crippen LogP contribution in [0.5, 0.6) is 0 Å². The molecule has 1 fully saturated rings. The topological polar surface area (TPSA) is 15.3 Å². The van der Waals surface area contributed by atoms with E-state index < -0.39 is 0 Å². The lowest BCUT2D eigenvalue weighted by atomic mass is 9.95. The summed E-state index contributed by atoms with van der Waals surface area (Å²) in [7, 11) is 2.22. The second kappa shape index (κ2) is 8.03. The summed E-state index contributed by atoms with van der Waals surface area (Å²) in [5, 5.41) is 3.50. The monoisotopic (exact) mass is 324 g/mol. The van der Waals surface area contributed by atoms with Crippen LogP contribution in [0.4, 0.5) is 0 Å². The second-order valence-electron chi connectivity index (χ2n) is 5.72. The Bertz CT molecular complexity index is 375. The van der Waals surface area contributed by atoms with E-state index in [-0.39, 0.29) is 0 Å². The molecule has 0 aliphatic carbocycles. The molecule has 1 aromatic carbocycles. The van der Waals surface area contributed by atoms with Gasteiger partial charge in [-0.05, 0) is 76.0 Å². The molecule has 106 valence electrons. The van der Waals surface area contributed by atoms with Gasteiger partial charge in [0, 0.05) is 11.0 Å². The zero-order valence-corrected chi connectivity index (χ0v) is 13.5. The SMILES string of the molecule is CN(CCCC1CCCNC1)Cc1cccc(Br)c1. The van der Waals surface area contributed by atoms with E-state index in [9.17, 15) is 0 Å².